The van der Waals surface area contributed by atoms with E-state index in [-0.39, 0.29) is 16.7 Å². The maximum atomic E-state index is 12.6. The van der Waals surface area contributed by atoms with Gasteiger partial charge in [0.25, 0.3) is 0 Å². The summed E-state index contributed by atoms with van der Waals surface area (Å²) >= 11 is 5.81. The molecular weight excluding hydrogens is 348 g/mol. The van der Waals surface area contributed by atoms with Crippen LogP contribution in [0.25, 0.3) is 0 Å². The fourth-order valence-corrected chi connectivity index (χ4v) is 4.44. The fourth-order valence-electron chi connectivity index (χ4n) is 2.85. The Morgan fingerprint density at radius 3 is 2.46 bits per heavy atom. The van der Waals surface area contributed by atoms with Gasteiger partial charge in [-0.15, -0.1) is 0 Å². The van der Waals surface area contributed by atoms with E-state index in [1.807, 2.05) is 0 Å². The van der Waals surface area contributed by atoms with Gasteiger partial charge in [0.1, 0.15) is 0 Å². The predicted molar refractivity (Wildman–Crippen MR) is 95.5 cm³/mol. The predicted octanol–water partition coefficient (Wildman–Crippen LogP) is 3.05. The number of halogens is 1. The number of nitrogens with zero attached hydrogens (tertiary/aromatic N) is 1. The molecule has 1 heterocycles. The maximum Gasteiger partial charge on any atom is 0.243 e. The first kappa shape index (κ1) is 19.2. The number of carbonyl (C=O) groups is 1. The van der Waals surface area contributed by atoms with Gasteiger partial charge >= 0.3 is 0 Å². The van der Waals surface area contributed by atoms with Gasteiger partial charge in [-0.25, -0.2) is 8.42 Å². The number of hydrogen-bond acceptors (Lipinski definition) is 3. The van der Waals surface area contributed by atoms with Crippen molar-refractivity contribution in [1.82, 2.24) is 9.62 Å². The highest BCUT2D eigenvalue weighted by Crippen LogP contribution is 2.26. The van der Waals surface area contributed by atoms with Crippen LogP contribution >= 0.6 is 11.6 Å². The van der Waals surface area contributed by atoms with Crippen LogP contribution in [-0.2, 0) is 14.8 Å². The molecule has 0 spiro atoms. The Balaban J connectivity index is 1.85. The first-order valence-electron chi connectivity index (χ1n) is 8.46. The lowest BCUT2D eigenvalue weighted by Gasteiger charge is -2.31. The summed E-state index contributed by atoms with van der Waals surface area (Å²) in [5.74, 6) is 0.325. The van der Waals surface area contributed by atoms with Gasteiger partial charge < -0.3 is 5.32 Å². The van der Waals surface area contributed by atoms with Gasteiger partial charge in [-0.3, -0.25) is 4.79 Å². The van der Waals surface area contributed by atoms with Crippen LogP contribution in [0.15, 0.2) is 29.2 Å². The molecule has 1 aliphatic rings. The van der Waals surface area contributed by atoms with Crippen LogP contribution in [-0.4, -0.2) is 38.3 Å². The molecule has 1 aliphatic heterocycles. The van der Waals surface area contributed by atoms with E-state index in [9.17, 15) is 13.2 Å². The number of carbonyl (C=O) groups excluding carboxylic acids is 1. The lowest BCUT2D eigenvalue weighted by Crippen LogP contribution is -2.39. The van der Waals surface area contributed by atoms with Gasteiger partial charge in [-0.05, 0) is 49.4 Å². The van der Waals surface area contributed by atoms with Crippen molar-refractivity contribution in [3.05, 3.63) is 29.3 Å². The third kappa shape index (κ3) is 5.19. The highest BCUT2D eigenvalue weighted by Gasteiger charge is 2.30. The summed E-state index contributed by atoms with van der Waals surface area (Å²) in [5.41, 5.74) is 0. The summed E-state index contributed by atoms with van der Waals surface area (Å²) in [4.78, 5) is 12.1. The highest BCUT2D eigenvalue weighted by atomic mass is 35.5. The molecule has 5 nitrogen and oxygen atoms in total. The van der Waals surface area contributed by atoms with E-state index in [4.69, 9.17) is 11.6 Å². The van der Waals surface area contributed by atoms with Crippen molar-refractivity contribution in [3.8, 4) is 0 Å². The molecule has 24 heavy (non-hydrogen) atoms. The number of hydrogen-bond donors (Lipinski definition) is 1. The number of benzene rings is 1. The third-order valence-corrected chi connectivity index (χ3v) is 6.52. The molecule has 1 saturated heterocycles. The van der Waals surface area contributed by atoms with Crippen molar-refractivity contribution in [2.45, 2.75) is 43.9 Å². The Morgan fingerprint density at radius 2 is 1.88 bits per heavy atom. The van der Waals surface area contributed by atoms with Crippen LogP contribution in [0.5, 0.6) is 0 Å². The topological polar surface area (TPSA) is 66.5 Å². The molecular formula is C17H25ClN2O3S. The van der Waals surface area contributed by atoms with Crippen LogP contribution in [0.3, 0.4) is 0 Å². The smallest absolute Gasteiger partial charge is 0.243 e. The Hall–Kier alpha value is -1.11. The standard InChI is InChI=1S/C17H25ClN2O3S/c1-2-3-10-19-17(21)13-14-8-11-20(12-9-14)24(22,23)16-6-4-15(18)5-7-16/h4-7,14H,2-3,8-13H2,1H3,(H,19,21). The van der Waals surface area contributed by atoms with E-state index in [0.717, 1.165) is 19.4 Å². The molecule has 1 aromatic carbocycles. The molecule has 134 valence electrons. The largest absolute Gasteiger partial charge is 0.356 e. The molecule has 0 aromatic heterocycles. The zero-order valence-corrected chi connectivity index (χ0v) is 15.6. The van der Waals surface area contributed by atoms with Crippen LogP contribution in [0.4, 0.5) is 0 Å². The fraction of sp³-hybridized carbons (Fsp3) is 0.588. The van der Waals surface area contributed by atoms with Crippen molar-refractivity contribution < 1.29 is 13.2 Å². The quantitative estimate of drug-likeness (QED) is 0.748. The van der Waals surface area contributed by atoms with E-state index in [1.165, 1.54) is 16.4 Å². The van der Waals surface area contributed by atoms with Crippen LogP contribution in [0, 0.1) is 5.92 Å². The Bertz CT molecular complexity index is 638. The van der Waals surface area contributed by atoms with Crippen molar-refractivity contribution in [1.29, 1.82) is 0 Å². The van der Waals surface area contributed by atoms with E-state index in [1.54, 1.807) is 12.1 Å². The molecule has 1 N–H and O–H groups in total. The van der Waals surface area contributed by atoms with E-state index < -0.39 is 10.0 Å². The molecule has 0 unspecified atom stereocenters. The first-order chi connectivity index (χ1) is 11.4. The van der Waals surface area contributed by atoms with Gasteiger partial charge in [0.05, 0.1) is 4.90 Å². The lowest BCUT2D eigenvalue weighted by molar-refractivity contribution is -0.122. The number of piperidine rings is 1. The molecule has 0 saturated carbocycles. The van der Waals surface area contributed by atoms with E-state index >= 15 is 0 Å². The number of sulfonamides is 1. The summed E-state index contributed by atoms with van der Waals surface area (Å²) in [6.07, 6.45) is 3.96. The molecule has 1 aromatic rings. The summed E-state index contributed by atoms with van der Waals surface area (Å²) < 4.78 is 26.7. The highest BCUT2D eigenvalue weighted by molar-refractivity contribution is 7.89. The third-order valence-electron chi connectivity index (χ3n) is 4.35. The molecule has 0 bridgehead atoms. The maximum absolute atomic E-state index is 12.6. The van der Waals surface area contributed by atoms with Crippen molar-refractivity contribution in [3.63, 3.8) is 0 Å². The summed E-state index contributed by atoms with van der Waals surface area (Å²) in [6.45, 7) is 3.72. The second kappa shape index (κ2) is 8.83. The van der Waals surface area contributed by atoms with E-state index in [0.29, 0.717) is 37.4 Å². The summed E-state index contributed by atoms with van der Waals surface area (Å²) in [5, 5.41) is 3.44. The Kier molecular flexibility index (Phi) is 7.07. The average Bonchev–Trinajstić information content (AvgIpc) is 2.56. The minimum absolute atomic E-state index is 0.0717. The molecule has 2 rings (SSSR count). The monoisotopic (exact) mass is 372 g/mol. The number of amides is 1. The minimum Gasteiger partial charge on any atom is -0.356 e. The average molecular weight is 373 g/mol. The Morgan fingerprint density at radius 1 is 1.25 bits per heavy atom. The normalized spacial score (nSPS) is 16.9. The SMILES string of the molecule is CCCCNC(=O)CC1CCN(S(=O)(=O)c2ccc(Cl)cc2)CC1. The molecule has 7 heteroatoms. The molecule has 1 fully saturated rings. The lowest BCUT2D eigenvalue weighted by atomic mass is 9.94. The van der Waals surface area contributed by atoms with Gasteiger partial charge in [-0.2, -0.15) is 4.31 Å². The van der Waals surface area contributed by atoms with E-state index in [2.05, 4.69) is 12.2 Å². The summed E-state index contributed by atoms with van der Waals surface area (Å²) in [6, 6.07) is 6.24. The number of unbranched alkanes of at least 4 members (excludes halogenated alkanes) is 1. The van der Waals surface area contributed by atoms with Crippen molar-refractivity contribution in [2.24, 2.45) is 5.92 Å². The van der Waals surface area contributed by atoms with Gasteiger partial charge in [0.15, 0.2) is 0 Å². The van der Waals surface area contributed by atoms with Crippen LogP contribution < -0.4 is 5.32 Å². The number of nitrogens with one attached hydrogen (secondary N) is 1. The molecule has 0 aliphatic carbocycles. The number of rotatable bonds is 7. The summed E-state index contributed by atoms with van der Waals surface area (Å²) in [7, 11) is -3.47. The van der Waals surface area contributed by atoms with Crippen LogP contribution in [0.2, 0.25) is 5.02 Å². The van der Waals surface area contributed by atoms with Crippen LogP contribution in [0.1, 0.15) is 39.0 Å². The minimum atomic E-state index is -3.47. The van der Waals surface area contributed by atoms with Crippen molar-refractivity contribution in [2.75, 3.05) is 19.6 Å². The second-order valence-electron chi connectivity index (χ2n) is 6.21. The zero-order valence-electron chi connectivity index (χ0n) is 14.0. The zero-order chi connectivity index (χ0) is 17.6. The molecule has 0 radical (unpaired) electrons. The van der Waals surface area contributed by atoms with Gasteiger partial charge in [-0.1, -0.05) is 24.9 Å². The molecule has 1 amide bonds. The molecule has 0 atom stereocenters. The van der Waals surface area contributed by atoms with Gasteiger partial charge in [0, 0.05) is 31.1 Å². The first-order valence-corrected chi connectivity index (χ1v) is 10.3. The van der Waals surface area contributed by atoms with Crippen molar-refractivity contribution >= 4 is 27.5 Å². The Labute approximate surface area is 149 Å². The van der Waals surface area contributed by atoms with Gasteiger partial charge in [0.2, 0.25) is 15.9 Å². The second-order valence-corrected chi connectivity index (χ2v) is 8.58.